The first-order valence-electron chi connectivity index (χ1n) is 5.85. The number of hydrogen-bond acceptors (Lipinski definition) is 4. The zero-order chi connectivity index (χ0) is 15.0. The molecule has 0 heterocycles. The summed E-state index contributed by atoms with van der Waals surface area (Å²) in [5.74, 6) is 0. The topological polar surface area (TPSA) is 88.0 Å². The van der Waals surface area contributed by atoms with Gasteiger partial charge in [-0.1, -0.05) is 0 Å². The highest BCUT2D eigenvalue weighted by Gasteiger charge is 2.25. The third-order valence-corrected chi connectivity index (χ3v) is 1.52. The van der Waals surface area contributed by atoms with Crippen molar-refractivity contribution in [2.75, 3.05) is 7.05 Å². The van der Waals surface area contributed by atoms with Gasteiger partial charge < -0.3 is 15.5 Å². The standard InChI is InChI=1S/C10H22O3.C2H5NO2/c1-8(11)7-10(5,6)13-12-9(2,3)4;1-3-2(4)5/h8,11H,7H2,1-6H3;3H,1H3,(H,4,5). The van der Waals surface area contributed by atoms with Crippen molar-refractivity contribution >= 4 is 6.09 Å². The lowest BCUT2D eigenvalue weighted by atomic mass is 10.0. The molecule has 0 saturated carbocycles. The number of carbonyl (C=O) groups is 1. The van der Waals surface area contributed by atoms with E-state index in [0.717, 1.165) is 0 Å². The number of rotatable bonds is 4. The van der Waals surface area contributed by atoms with Crippen molar-refractivity contribution in [2.45, 2.75) is 65.3 Å². The Labute approximate surface area is 109 Å². The van der Waals surface area contributed by atoms with E-state index in [-0.39, 0.29) is 11.7 Å². The van der Waals surface area contributed by atoms with E-state index in [1.54, 1.807) is 6.92 Å². The van der Waals surface area contributed by atoms with E-state index in [2.05, 4.69) is 0 Å². The fourth-order valence-electron chi connectivity index (χ4n) is 0.983. The predicted octanol–water partition coefficient (Wildman–Crippen LogP) is 2.17. The molecule has 0 aliphatic carbocycles. The zero-order valence-electron chi connectivity index (χ0n) is 12.4. The molecule has 1 atom stereocenters. The van der Waals surface area contributed by atoms with Crippen LogP contribution in [-0.4, -0.2) is 40.7 Å². The summed E-state index contributed by atoms with van der Waals surface area (Å²) in [6.07, 6.45) is -0.813. The third-order valence-electron chi connectivity index (χ3n) is 1.52. The van der Waals surface area contributed by atoms with Gasteiger partial charge in [-0.05, 0) is 41.5 Å². The van der Waals surface area contributed by atoms with Crippen LogP contribution in [0.5, 0.6) is 0 Å². The van der Waals surface area contributed by atoms with Gasteiger partial charge in [-0.2, -0.15) is 0 Å². The first kappa shape index (κ1) is 19.5. The zero-order valence-corrected chi connectivity index (χ0v) is 12.4. The van der Waals surface area contributed by atoms with E-state index in [9.17, 15) is 9.90 Å². The lowest BCUT2D eigenvalue weighted by Crippen LogP contribution is -2.33. The van der Waals surface area contributed by atoms with E-state index in [0.29, 0.717) is 6.42 Å². The smallest absolute Gasteiger partial charge is 0.404 e. The predicted molar refractivity (Wildman–Crippen MR) is 69.4 cm³/mol. The second kappa shape index (κ2) is 8.29. The Kier molecular flexibility index (Phi) is 8.97. The summed E-state index contributed by atoms with van der Waals surface area (Å²) >= 11 is 0. The Morgan fingerprint density at radius 1 is 1.22 bits per heavy atom. The van der Waals surface area contributed by atoms with Crippen molar-refractivity contribution in [3.8, 4) is 0 Å². The first-order valence-corrected chi connectivity index (χ1v) is 5.85. The Morgan fingerprint density at radius 2 is 1.61 bits per heavy atom. The maximum absolute atomic E-state index is 9.26. The average Bonchev–Trinajstić information content (AvgIpc) is 2.13. The SMILES string of the molecule is CC(O)CC(C)(C)OOC(C)(C)C.CNC(=O)O. The van der Waals surface area contributed by atoms with Crippen LogP contribution in [0, 0.1) is 0 Å². The van der Waals surface area contributed by atoms with Crippen molar-refractivity contribution < 1.29 is 24.8 Å². The highest BCUT2D eigenvalue weighted by Crippen LogP contribution is 2.20. The molecular formula is C12H27NO5. The molecule has 0 aromatic rings. The van der Waals surface area contributed by atoms with E-state index in [4.69, 9.17) is 14.9 Å². The van der Waals surface area contributed by atoms with Crippen LogP contribution in [-0.2, 0) is 9.78 Å². The van der Waals surface area contributed by atoms with Crippen LogP contribution in [0.1, 0.15) is 48.0 Å². The molecule has 6 nitrogen and oxygen atoms in total. The molecule has 0 aliphatic rings. The minimum Gasteiger partial charge on any atom is -0.465 e. The number of aliphatic hydroxyl groups is 1. The number of amides is 1. The second-order valence-electron chi connectivity index (χ2n) is 5.65. The van der Waals surface area contributed by atoms with E-state index in [1.165, 1.54) is 7.05 Å². The van der Waals surface area contributed by atoms with Crippen LogP contribution in [0.15, 0.2) is 0 Å². The average molecular weight is 265 g/mol. The summed E-state index contributed by atoms with van der Waals surface area (Å²) in [6.45, 7) is 11.3. The van der Waals surface area contributed by atoms with Crippen LogP contribution in [0.25, 0.3) is 0 Å². The molecule has 0 fully saturated rings. The van der Waals surface area contributed by atoms with Crippen molar-refractivity contribution in [3.63, 3.8) is 0 Å². The van der Waals surface area contributed by atoms with Gasteiger partial charge in [-0.15, -0.1) is 0 Å². The number of carboxylic acid groups (broad SMARTS) is 1. The van der Waals surface area contributed by atoms with Crippen LogP contribution in [0.3, 0.4) is 0 Å². The Bertz CT molecular complexity index is 233. The maximum atomic E-state index is 9.26. The van der Waals surface area contributed by atoms with Gasteiger partial charge in [0.2, 0.25) is 0 Å². The summed E-state index contributed by atoms with van der Waals surface area (Å²) in [6, 6.07) is 0. The number of nitrogens with one attached hydrogen (secondary N) is 1. The molecule has 0 rings (SSSR count). The van der Waals surface area contributed by atoms with Gasteiger partial charge in [0.25, 0.3) is 0 Å². The van der Waals surface area contributed by atoms with Gasteiger partial charge in [-0.25, -0.2) is 14.6 Å². The van der Waals surface area contributed by atoms with Gasteiger partial charge in [-0.3, -0.25) is 0 Å². The fraction of sp³-hybridized carbons (Fsp3) is 0.917. The largest absolute Gasteiger partial charge is 0.465 e. The molecule has 0 radical (unpaired) electrons. The van der Waals surface area contributed by atoms with E-state index >= 15 is 0 Å². The fourth-order valence-corrected chi connectivity index (χ4v) is 0.983. The summed E-state index contributed by atoms with van der Waals surface area (Å²) in [5, 5.41) is 18.7. The molecule has 1 amide bonds. The summed E-state index contributed by atoms with van der Waals surface area (Å²) in [7, 11) is 1.35. The Balaban J connectivity index is 0. The van der Waals surface area contributed by atoms with Gasteiger partial charge >= 0.3 is 6.09 Å². The van der Waals surface area contributed by atoms with Gasteiger partial charge in [0.05, 0.1) is 11.7 Å². The van der Waals surface area contributed by atoms with Crippen LogP contribution < -0.4 is 5.32 Å². The molecule has 0 aromatic carbocycles. The lowest BCUT2D eigenvalue weighted by molar-refractivity contribution is -0.399. The van der Waals surface area contributed by atoms with Gasteiger partial charge in [0.15, 0.2) is 0 Å². The Hall–Kier alpha value is -0.850. The van der Waals surface area contributed by atoms with Gasteiger partial charge in [0, 0.05) is 13.5 Å². The molecule has 0 aromatic heterocycles. The van der Waals surface area contributed by atoms with Crippen LogP contribution >= 0.6 is 0 Å². The monoisotopic (exact) mass is 265 g/mol. The third kappa shape index (κ3) is 17.5. The molecule has 3 N–H and O–H groups in total. The second-order valence-corrected chi connectivity index (χ2v) is 5.65. The molecule has 0 bridgehead atoms. The highest BCUT2D eigenvalue weighted by molar-refractivity contribution is 5.63. The molecule has 0 spiro atoms. The molecule has 6 heteroatoms. The Morgan fingerprint density at radius 3 is 1.83 bits per heavy atom. The first-order chi connectivity index (χ1) is 7.89. The van der Waals surface area contributed by atoms with Crippen molar-refractivity contribution in [1.29, 1.82) is 0 Å². The summed E-state index contributed by atoms with van der Waals surface area (Å²) < 4.78 is 0. The lowest BCUT2D eigenvalue weighted by Gasteiger charge is -2.29. The molecule has 18 heavy (non-hydrogen) atoms. The highest BCUT2D eigenvalue weighted by atomic mass is 17.2. The van der Waals surface area contributed by atoms with E-state index < -0.39 is 11.7 Å². The normalized spacial score (nSPS) is 13.3. The van der Waals surface area contributed by atoms with Crippen LogP contribution in [0.2, 0.25) is 0 Å². The molecule has 0 saturated heterocycles. The van der Waals surface area contributed by atoms with Crippen LogP contribution in [0.4, 0.5) is 4.79 Å². The van der Waals surface area contributed by atoms with Gasteiger partial charge in [0.1, 0.15) is 5.60 Å². The molecule has 110 valence electrons. The minimum atomic E-state index is -0.995. The molecule has 0 aliphatic heterocycles. The minimum absolute atomic E-state index is 0.310. The summed E-state index contributed by atoms with van der Waals surface area (Å²) in [5.41, 5.74) is -0.753. The van der Waals surface area contributed by atoms with Crippen molar-refractivity contribution in [2.24, 2.45) is 0 Å². The maximum Gasteiger partial charge on any atom is 0.404 e. The molecular weight excluding hydrogens is 238 g/mol. The molecule has 1 unspecified atom stereocenters. The number of aliphatic hydroxyl groups excluding tert-OH is 1. The van der Waals surface area contributed by atoms with Crippen molar-refractivity contribution in [1.82, 2.24) is 5.32 Å². The van der Waals surface area contributed by atoms with E-state index in [1.807, 2.05) is 39.9 Å². The quantitative estimate of drug-likeness (QED) is 0.535. The van der Waals surface area contributed by atoms with Crippen molar-refractivity contribution in [3.05, 3.63) is 0 Å². The summed E-state index contributed by atoms with van der Waals surface area (Å²) in [4.78, 5) is 19.7. The number of hydrogen-bond donors (Lipinski definition) is 3.